The minimum atomic E-state index is -0.254. The van der Waals surface area contributed by atoms with Crippen LogP contribution in [0.1, 0.15) is 58.3 Å². The Balaban J connectivity index is 1.81. The Morgan fingerprint density at radius 3 is 2.42 bits per heavy atom. The van der Waals surface area contributed by atoms with E-state index in [0.29, 0.717) is 12.3 Å². The number of hydrogen-bond acceptors (Lipinski definition) is 3. The van der Waals surface area contributed by atoms with Crippen molar-refractivity contribution >= 4 is 5.91 Å². The Morgan fingerprint density at radius 2 is 1.89 bits per heavy atom. The molecule has 110 valence electrons. The standard InChI is InChI=1S/C15H28N2O2/c1-12(18)13-5-9-17(10-6-13)14(19)11-15(16)7-3-2-4-8-15/h12-13,18H,2-11,16H2,1H3. The van der Waals surface area contributed by atoms with Crippen molar-refractivity contribution in [2.45, 2.75) is 69.9 Å². The van der Waals surface area contributed by atoms with E-state index in [0.717, 1.165) is 51.6 Å². The van der Waals surface area contributed by atoms with E-state index in [1.165, 1.54) is 6.42 Å². The number of aliphatic hydroxyl groups excluding tert-OH is 1. The second kappa shape index (κ2) is 6.23. The van der Waals surface area contributed by atoms with Gasteiger partial charge in [-0.05, 0) is 38.5 Å². The Kier molecular flexibility index (Phi) is 4.85. The first kappa shape index (κ1) is 14.8. The molecular formula is C15H28N2O2. The zero-order valence-corrected chi connectivity index (χ0v) is 12.1. The first-order chi connectivity index (χ1) is 9.00. The molecule has 0 aromatic carbocycles. The predicted molar refractivity (Wildman–Crippen MR) is 75.6 cm³/mol. The number of piperidine rings is 1. The molecule has 4 nitrogen and oxygen atoms in total. The highest BCUT2D eigenvalue weighted by molar-refractivity contribution is 5.77. The SMILES string of the molecule is CC(O)C1CCN(C(=O)CC2(N)CCCCC2)CC1. The molecular weight excluding hydrogens is 240 g/mol. The monoisotopic (exact) mass is 268 g/mol. The largest absolute Gasteiger partial charge is 0.393 e. The summed E-state index contributed by atoms with van der Waals surface area (Å²) in [5.74, 6) is 0.569. The maximum Gasteiger partial charge on any atom is 0.224 e. The smallest absolute Gasteiger partial charge is 0.224 e. The summed E-state index contributed by atoms with van der Waals surface area (Å²) >= 11 is 0. The van der Waals surface area contributed by atoms with E-state index >= 15 is 0 Å². The number of likely N-dealkylation sites (tertiary alicyclic amines) is 1. The van der Waals surface area contributed by atoms with Crippen LogP contribution < -0.4 is 5.73 Å². The molecule has 3 N–H and O–H groups in total. The molecule has 0 bridgehead atoms. The van der Waals surface area contributed by atoms with Gasteiger partial charge < -0.3 is 15.7 Å². The van der Waals surface area contributed by atoms with Crippen molar-refractivity contribution in [1.82, 2.24) is 4.90 Å². The number of nitrogens with two attached hydrogens (primary N) is 1. The number of rotatable bonds is 3. The van der Waals surface area contributed by atoms with E-state index in [1.54, 1.807) is 0 Å². The van der Waals surface area contributed by atoms with E-state index in [9.17, 15) is 9.90 Å². The minimum Gasteiger partial charge on any atom is -0.393 e. The van der Waals surface area contributed by atoms with Crippen LogP contribution in [0.15, 0.2) is 0 Å². The van der Waals surface area contributed by atoms with Crippen molar-refractivity contribution in [3.05, 3.63) is 0 Å². The Bertz CT molecular complexity index is 303. The van der Waals surface area contributed by atoms with Crippen LogP contribution in [0, 0.1) is 5.92 Å². The second-order valence-electron chi connectivity index (χ2n) is 6.56. The van der Waals surface area contributed by atoms with Gasteiger partial charge in [0.2, 0.25) is 5.91 Å². The lowest BCUT2D eigenvalue weighted by Crippen LogP contribution is -2.48. The van der Waals surface area contributed by atoms with Gasteiger partial charge in [-0.15, -0.1) is 0 Å². The number of amides is 1. The molecule has 0 aromatic heterocycles. The number of nitrogens with zero attached hydrogens (tertiary/aromatic N) is 1. The summed E-state index contributed by atoms with van der Waals surface area (Å²) in [4.78, 5) is 14.3. The van der Waals surface area contributed by atoms with E-state index in [4.69, 9.17) is 5.73 Å². The molecule has 1 heterocycles. The molecule has 1 aliphatic heterocycles. The minimum absolute atomic E-state index is 0.216. The highest BCUT2D eigenvalue weighted by Gasteiger charge is 2.33. The quantitative estimate of drug-likeness (QED) is 0.818. The van der Waals surface area contributed by atoms with E-state index in [1.807, 2.05) is 11.8 Å². The Labute approximate surface area is 116 Å². The molecule has 1 saturated carbocycles. The molecule has 0 radical (unpaired) electrons. The summed E-state index contributed by atoms with van der Waals surface area (Å²) in [7, 11) is 0. The van der Waals surface area contributed by atoms with Crippen molar-refractivity contribution in [2.24, 2.45) is 11.7 Å². The van der Waals surface area contributed by atoms with Crippen LogP contribution in [-0.4, -0.2) is 40.6 Å². The third-order valence-corrected chi connectivity index (χ3v) is 4.93. The molecule has 4 heteroatoms. The van der Waals surface area contributed by atoms with Gasteiger partial charge in [0.15, 0.2) is 0 Å². The second-order valence-corrected chi connectivity index (χ2v) is 6.56. The summed E-state index contributed by atoms with van der Waals surface area (Å²) in [5.41, 5.74) is 6.10. The molecule has 0 aromatic rings. The predicted octanol–water partition coefficient (Wildman–Crippen LogP) is 1.66. The summed E-state index contributed by atoms with van der Waals surface area (Å²) in [6.45, 7) is 3.41. The first-order valence-corrected chi connectivity index (χ1v) is 7.75. The summed E-state index contributed by atoms with van der Waals surface area (Å²) in [5, 5.41) is 9.58. The van der Waals surface area contributed by atoms with Crippen molar-refractivity contribution in [3.63, 3.8) is 0 Å². The third kappa shape index (κ3) is 3.93. The molecule has 1 atom stereocenters. The van der Waals surface area contributed by atoms with Gasteiger partial charge in [-0.2, -0.15) is 0 Å². The van der Waals surface area contributed by atoms with Crippen LogP contribution in [0.25, 0.3) is 0 Å². The van der Waals surface area contributed by atoms with Gasteiger partial charge in [0.1, 0.15) is 0 Å². The Morgan fingerprint density at radius 1 is 1.32 bits per heavy atom. The summed E-state index contributed by atoms with van der Waals surface area (Å²) in [6.07, 6.45) is 7.64. The maximum absolute atomic E-state index is 12.3. The first-order valence-electron chi connectivity index (χ1n) is 7.75. The number of carbonyl (C=O) groups excluding carboxylic acids is 1. The van der Waals surface area contributed by atoms with Gasteiger partial charge >= 0.3 is 0 Å². The summed E-state index contributed by atoms with van der Waals surface area (Å²) < 4.78 is 0. The van der Waals surface area contributed by atoms with Gasteiger partial charge in [0, 0.05) is 25.0 Å². The fourth-order valence-electron chi connectivity index (χ4n) is 3.48. The van der Waals surface area contributed by atoms with E-state index in [2.05, 4.69) is 0 Å². The van der Waals surface area contributed by atoms with Crippen LogP contribution >= 0.6 is 0 Å². The number of hydrogen-bond donors (Lipinski definition) is 2. The van der Waals surface area contributed by atoms with Gasteiger partial charge in [0.05, 0.1) is 6.10 Å². The fourth-order valence-corrected chi connectivity index (χ4v) is 3.48. The van der Waals surface area contributed by atoms with Gasteiger partial charge in [-0.1, -0.05) is 19.3 Å². The number of carbonyl (C=O) groups is 1. The number of aliphatic hydroxyl groups is 1. The maximum atomic E-state index is 12.3. The topological polar surface area (TPSA) is 66.6 Å². The lowest BCUT2D eigenvalue weighted by Gasteiger charge is -2.37. The van der Waals surface area contributed by atoms with Crippen molar-refractivity contribution < 1.29 is 9.90 Å². The average Bonchev–Trinajstić information content (AvgIpc) is 2.39. The van der Waals surface area contributed by atoms with Gasteiger partial charge in [-0.25, -0.2) is 0 Å². The third-order valence-electron chi connectivity index (χ3n) is 4.93. The lowest BCUT2D eigenvalue weighted by molar-refractivity contribution is -0.134. The molecule has 2 fully saturated rings. The summed E-state index contributed by atoms with van der Waals surface area (Å²) in [6, 6.07) is 0. The van der Waals surface area contributed by atoms with E-state index in [-0.39, 0.29) is 17.6 Å². The molecule has 0 spiro atoms. The fraction of sp³-hybridized carbons (Fsp3) is 0.933. The Hall–Kier alpha value is -0.610. The zero-order chi connectivity index (χ0) is 13.9. The molecule has 1 unspecified atom stereocenters. The lowest BCUT2D eigenvalue weighted by atomic mass is 9.79. The highest BCUT2D eigenvalue weighted by Crippen LogP contribution is 2.30. The average molecular weight is 268 g/mol. The molecule has 1 saturated heterocycles. The normalized spacial score (nSPS) is 26.2. The highest BCUT2D eigenvalue weighted by atomic mass is 16.3. The van der Waals surface area contributed by atoms with Crippen LogP contribution in [0.5, 0.6) is 0 Å². The van der Waals surface area contributed by atoms with E-state index < -0.39 is 0 Å². The molecule has 1 amide bonds. The van der Waals surface area contributed by atoms with Crippen molar-refractivity contribution in [2.75, 3.05) is 13.1 Å². The van der Waals surface area contributed by atoms with Gasteiger partial charge in [-0.3, -0.25) is 4.79 Å². The molecule has 2 aliphatic rings. The zero-order valence-electron chi connectivity index (χ0n) is 12.1. The molecule has 1 aliphatic carbocycles. The van der Waals surface area contributed by atoms with Crippen LogP contribution in [0.2, 0.25) is 0 Å². The van der Waals surface area contributed by atoms with Crippen LogP contribution in [0.4, 0.5) is 0 Å². The molecule has 2 rings (SSSR count). The van der Waals surface area contributed by atoms with Crippen LogP contribution in [-0.2, 0) is 4.79 Å². The van der Waals surface area contributed by atoms with Crippen molar-refractivity contribution in [3.8, 4) is 0 Å². The van der Waals surface area contributed by atoms with Crippen LogP contribution in [0.3, 0.4) is 0 Å². The molecule has 19 heavy (non-hydrogen) atoms. The van der Waals surface area contributed by atoms with Gasteiger partial charge in [0.25, 0.3) is 0 Å². The van der Waals surface area contributed by atoms with Crippen molar-refractivity contribution in [1.29, 1.82) is 0 Å².